The van der Waals surface area contributed by atoms with Crippen LogP contribution in [0.5, 0.6) is 0 Å². The zero-order valence-corrected chi connectivity index (χ0v) is 8.77. The molecule has 0 bridgehead atoms. The molecule has 0 aliphatic carbocycles. The average Bonchev–Trinajstić information content (AvgIpc) is 2.30. The molecule has 0 aromatic heterocycles. The topological polar surface area (TPSA) is 55.8 Å². The Morgan fingerprint density at radius 2 is 1.93 bits per heavy atom. The molecule has 0 saturated carbocycles. The molecular formula is C11H14O4. The Kier molecular flexibility index (Phi) is 3.82. The van der Waals surface area contributed by atoms with Gasteiger partial charge in [0.05, 0.1) is 7.11 Å². The van der Waals surface area contributed by atoms with Crippen LogP contribution in [0.3, 0.4) is 0 Å². The Labute approximate surface area is 88.4 Å². The van der Waals surface area contributed by atoms with Crippen molar-refractivity contribution in [2.45, 2.75) is 12.2 Å². The Bertz CT molecular complexity index is 323. The Morgan fingerprint density at radius 3 is 2.40 bits per heavy atom. The molecule has 1 atom stereocenters. The molecule has 4 nitrogen and oxygen atoms in total. The third-order valence-corrected chi connectivity index (χ3v) is 2.17. The highest BCUT2D eigenvalue weighted by Crippen LogP contribution is 2.25. The number of esters is 1. The van der Waals surface area contributed by atoms with Crippen LogP contribution in [0.2, 0.25) is 0 Å². The van der Waals surface area contributed by atoms with Crippen LogP contribution in [0, 0.1) is 0 Å². The fraction of sp³-hybridized carbons (Fsp3) is 0.364. The molecule has 1 N–H and O–H groups in total. The Morgan fingerprint density at radius 1 is 1.33 bits per heavy atom. The third-order valence-electron chi connectivity index (χ3n) is 2.17. The first-order valence-corrected chi connectivity index (χ1v) is 4.52. The second kappa shape index (κ2) is 4.91. The lowest BCUT2D eigenvalue weighted by Crippen LogP contribution is -2.31. The van der Waals surface area contributed by atoms with Crippen LogP contribution in [0.4, 0.5) is 0 Å². The van der Waals surface area contributed by atoms with Gasteiger partial charge in [-0.25, -0.2) is 0 Å². The van der Waals surface area contributed by atoms with Gasteiger partial charge in [0.25, 0.3) is 0 Å². The SMILES string of the molecule is COC(=O)CC(O)(OC)c1ccccc1. The summed E-state index contributed by atoms with van der Waals surface area (Å²) < 4.78 is 9.44. The minimum Gasteiger partial charge on any atom is -0.469 e. The van der Waals surface area contributed by atoms with Crippen molar-refractivity contribution in [3.63, 3.8) is 0 Å². The number of benzene rings is 1. The molecule has 0 spiro atoms. The van der Waals surface area contributed by atoms with E-state index in [0.717, 1.165) is 0 Å². The van der Waals surface area contributed by atoms with Gasteiger partial charge in [-0.2, -0.15) is 0 Å². The van der Waals surface area contributed by atoms with Crippen LogP contribution in [0.15, 0.2) is 30.3 Å². The number of hydrogen-bond acceptors (Lipinski definition) is 4. The average molecular weight is 210 g/mol. The summed E-state index contributed by atoms with van der Waals surface area (Å²) in [6.45, 7) is 0. The van der Waals surface area contributed by atoms with Crippen LogP contribution < -0.4 is 0 Å². The molecule has 1 rings (SSSR count). The summed E-state index contributed by atoms with van der Waals surface area (Å²) in [5, 5.41) is 10.1. The summed E-state index contributed by atoms with van der Waals surface area (Å²) in [4.78, 5) is 11.1. The van der Waals surface area contributed by atoms with E-state index in [1.807, 2.05) is 6.07 Å². The number of hydrogen-bond donors (Lipinski definition) is 1. The number of rotatable bonds is 4. The number of carbonyl (C=O) groups is 1. The van der Waals surface area contributed by atoms with Crippen molar-refractivity contribution < 1.29 is 19.4 Å². The second-order valence-electron chi connectivity index (χ2n) is 3.11. The van der Waals surface area contributed by atoms with Gasteiger partial charge in [0.2, 0.25) is 5.79 Å². The van der Waals surface area contributed by atoms with E-state index >= 15 is 0 Å². The fourth-order valence-electron chi connectivity index (χ4n) is 1.26. The predicted molar refractivity (Wildman–Crippen MR) is 54.0 cm³/mol. The van der Waals surface area contributed by atoms with E-state index in [1.54, 1.807) is 24.3 Å². The minimum atomic E-state index is -1.62. The van der Waals surface area contributed by atoms with E-state index in [9.17, 15) is 9.90 Å². The summed E-state index contributed by atoms with van der Waals surface area (Å²) in [6.07, 6.45) is -0.232. The van der Waals surface area contributed by atoms with Gasteiger partial charge in [0.15, 0.2) is 0 Å². The molecule has 0 saturated heterocycles. The molecule has 0 radical (unpaired) electrons. The summed E-state index contributed by atoms with van der Waals surface area (Å²) in [6, 6.07) is 8.71. The van der Waals surface area contributed by atoms with Gasteiger partial charge in [-0.3, -0.25) is 4.79 Å². The van der Waals surface area contributed by atoms with Crippen molar-refractivity contribution in [1.82, 2.24) is 0 Å². The van der Waals surface area contributed by atoms with E-state index < -0.39 is 11.8 Å². The first-order chi connectivity index (χ1) is 7.12. The summed E-state index contributed by atoms with van der Waals surface area (Å²) in [5.41, 5.74) is 0.526. The number of methoxy groups -OCH3 is 2. The summed E-state index contributed by atoms with van der Waals surface area (Å²) in [7, 11) is 2.61. The van der Waals surface area contributed by atoms with Crippen molar-refractivity contribution in [1.29, 1.82) is 0 Å². The van der Waals surface area contributed by atoms with Gasteiger partial charge < -0.3 is 14.6 Å². The fourth-order valence-corrected chi connectivity index (χ4v) is 1.26. The molecular weight excluding hydrogens is 196 g/mol. The smallest absolute Gasteiger partial charge is 0.311 e. The van der Waals surface area contributed by atoms with Crippen molar-refractivity contribution in [3.8, 4) is 0 Å². The minimum absolute atomic E-state index is 0.232. The molecule has 1 aromatic rings. The standard InChI is InChI=1S/C11H14O4/c1-14-10(12)8-11(13,15-2)9-6-4-3-5-7-9/h3-7,13H,8H2,1-2H3. The van der Waals surface area contributed by atoms with Gasteiger partial charge in [-0.15, -0.1) is 0 Å². The molecule has 0 fully saturated rings. The van der Waals surface area contributed by atoms with Gasteiger partial charge in [0, 0.05) is 12.7 Å². The first kappa shape index (κ1) is 11.7. The molecule has 4 heteroatoms. The second-order valence-corrected chi connectivity index (χ2v) is 3.11. The van der Waals surface area contributed by atoms with Gasteiger partial charge in [-0.1, -0.05) is 30.3 Å². The normalized spacial score (nSPS) is 14.3. The maximum Gasteiger partial charge on any atom is 0.311 e. The Balaban J connectivity index is 2.90. The van der Waals surface area contributed by atoms with Crippen LogP contribution in [-0.4, -0.2) is 25.3 Å². The van der Waals surface area contributed by atoms with Crippen molar-refractivity contribution in [3.05, 3.63) is 35.9 Å². The quantitative estimate of drug-likeness (QED) is 0.596. The largest absolute Gasteiger partial charge is 0.469 e. The van der Waals surface area contributed by atoms with Gasteiger partial charge >= 0.3 is 5.97 Å². The maximum atomic E-state index is 11.1. The molecule has 1 aromatic carbocycles. The zero-order chi connectivity index (χ0) is 11.3. The van der Waals surface area contributed by atoms with E-state index in [4.69, 9.17) is 4.74 Å². The van der Waals surface area contributed by atoms with Crippen molar-refractivity contribution in [2.75, 3.05) is 14.2 Å². The van der Waals surface area contributed by atoms with Crippen molar-refractivity contribution >= 4 is 5.97 Å². The molecule has 0 heterocycles. The van der Waals surface area contributed by atoms with E-state index in [-0.39, 0.29) is 6.42 Å². The summed E-state index contributed by atoms with van der Waals surface area (Å²) in [5.74, 6) is -2.14. The van der Waals surface area contributed by atoms with Crippen LogP contribution in [-0.2, 0) is 20.1 Å². The predicted octanol–water partition coefficient (Wildman–Crippen LogP) is 1.04. The van der Waals surface area contributed by atoms with Crippen LogP contribution in [0.1, 0.15) is 12.0 Å². The van der Waals surface area contributed by atoms with E-state index in [0.29, 0.717) is 5.56 Å². The Hall–Kier alpha value is -1.39. The third kappa shape index (κ3) is 2.78. The lowest BCUT2D eigenvalue weighted by atomic mass is 10.0. The van der Waals surface area contributed by atoms with Gasteiger partial charge in [0.1, 0.15) is 6.42 Å². The van der Waals surface area contributed by atoms with Crippen LogP contribution >= 0.6 is 0 Å². The molecule has 1 unspecified atom stereocenters. The molecule has 0 amide bonds. The highest BCUT2D eigenvalue weighted by atomic mass is 16.6. The molecule has 15 heavy (non-hydrogen) atoms. The molecule has 82 valence electrons. The highest BCUT2D eigenvalue weighted by molar-refractivity contribution is 5.70. The maximum absolute atomic E-state index is 11.1. The summed E-state index contributed by atoms with van der Waals surface area (Å²) >= 11 is 0. The molecule has 0 aliphatic rings. The first-order valence-electron chi connectivity index (χ1n) is 4.52. The molecule has 0 aliphatic heterocycles. The lowest BCUT2D eigenvalue weighted by Gasteiger charge is -2.25. The van der Waals surface area contributed by atoms with Crippen LogP contribution in [0.25, 0.3) is 0 Å². The number of ether oxygens (including phenoxy) is 2. The highest BCUT2D eigenvalue weighted by Gasteiger charge is 2.32. The lowest BCUT2D eigenvalue weighted by molar-refractivity contribution is -0.206. The zero-order valence-electron chi connectivity index (χ0n) is 8.77. The van der Waals surface area contributed by atoms with E-state index in [1.165, 1.54) is 14.2 Å². The monoisotopic (exact) mass is 210 g/mol. The number of aliphatic hydroxyl groups is 1. The van der Waals surface area contributed by atoms with Crippen molar-refractivity contribution in [2.24, 2.45) is 0 Å². The van der Waals surface area contributed by atoms with Gasteiger partial charge in [-0.05, 0) is 0 Å². The number of carbonyl (C=O) groups excluding carboxylic acids is 1. The van der Waals surface area contributed by atoms with E-state index in [2.05, 4.69) is 4.74 Å².